The first-order valence-corrected chi connectivity index (χ1v) is 6.61. The molecule has 1 aromatic carbocycles. The number of hydrogen-bond donors (Lipinski definition) is 2. The van der Waals surface area contributed by atoms with Crippen LogP contribution < -0.4 is 5.32 Å². The van der Waals surface area contributed by atoms with E-state index in [2.05, 4.69) is 21.2 Å². The van der Waals surface area contributed by atoms with Crippen LogP contribution in [0.2, 0.25) is 0 Å². The molecule has 2 N–H and O–H groups in total. The number of hydrogen-bond acceptors (Lipinski definition) is 2. The molecule has 0 aromatic heterocycles. The zero-order chi connectivity index (χ0) is 14.9. The number of carboxylic acid groups (broad SMARTS) is 1. The van der Waals surface area contributed by atoms with Gasteiger partial charge in [0.25, 0.3) is 0 Å². The minimum absolute atomic E-state index is 0.0416. The zero-order valence-corrected chi connectivity index (χ0v) is 11.8. The summed E-state index contributed by atoms with van der Waals surface area (Å²) >= 11 is 2.83. The van der Waals surface area contributed by atoms with Crippen LogP contribution in [-0.2, 0) is 4.79 Å². The topological polar surface area (TPSA) is 69.6 Å². The van der Waals surface area contributed by atoms with Gasteiger partial charge >= 0.3 is 12.0 Å². The van der Waals surface area contributed by atoms with Crippen LogP contribution in [0.3, 0.4) is 0 Å². The lowest BCUT2D eigenvalue weighted by Gasteiger charge is -2.17. The van der Waals surface area contributed by atoms with E-state index in [9.17, 15) is 18.4 Å². The van der Waals surface area contributed by atoms with Crippen molar-refractivity contribution in [3.05, 3.63) is 28.2 Å². The van der Waals surface area contributed by atoms with E-state index in [4.69, 9.17) is 5.11 Å². The fraction of sp³-hybridized carbons (Fsp3) is 0.333. The summed E-state index contributed by atoms with van der Waals surface area (Å²) in [5.74, 6) is -3.07. The lowest BCUT2D eigenvalue weighted by atomic mass is 10.1. The summed E-state index contributed by atoms with van der Waals surface area (Å²) in [5, 5.41) is 11.1. The number of urea groups is 1. The highest BCUT2D eigenvalue weighted by molar-refractivity contribution is 9.10. The number of benzene rings is 1. The van der Waals surface area contributed by atoms with E-state index in [1.54, 1.807) is 0 Å². The number of rotatable bonds is 2. The quantitative estimate of drug-likeness (QED) is 0.807. The molecule has 1 fully saturated rings. The molecule has 0 saturated carbocycles. The Bertz CT molecular complexity index is 568. The Morgan fingerprint density at radius 1 is 1.35 bits per heavy atom. The number of aliphatic carboxylic acids is 1. The molecule has 0 bridgehead atoms. The largest absolute Gasteiger partial charge is 0.481 e. The number of likely N-dealkylation sites (tertiary alicyclic amines) is 1. The van der Waals surface area contributed by atoms with Gasteiger partial charge in [0.2, 0.25) is 0 Å². The maximum atomic E-state index is 13.6. The van der Waals surface area contributed by atoms with Crippen LogP contribution in [0.5, 0.6) is 0 Å². The fourth-order valence-corrected chi connectivity index (χ4v) is 2.27. The molecule has 20 heavy (non-hydrogen) atoms. The normalized spacial score (nSPS) is 18.1. The van der Waals surface area contributed by atoms with E-state index < -0.39 is 29.6 Å². The van der Waals surface area contributed by atoms with Crippen molar-refractivity contribution < 1.29 is 23.5 Å². The highest BCUT2D eigenvalue weighted by atomic mass is 79.9. The lowest BCUT2D eigenvalue weighted by molar-refractivity contribution is -0.141. The second-order valence-corrected chi connectivity index (χ2v) is 5.30. The average Bonchev–Trinajstić information content (AvgIpc) is 2.85. The molecule has 0 spiro atoms. The van der Waals surface area contributed by atoms with Crippen molar-refractivity contribution >= 4 is 33.6 Å². The van der Waals surface area contributed by atoms with Gasteiger partial charge in [0.1, 0.15) is 11.6 Å². The van der Waals surface area contributed by atoms with Crippen LogP contribution >= 0.6 is 15.9 Å². The van der Waals surface area contributed by atoms with Gasteiger partial charge in [0.05, 0.1) is 16.1 Å². The summed E-state index contributed by atoms with van der Waals surface area (Å²) < 4.78 is 26.8. The minimum atomic E-state index is -0.971. The molecule has 0 radical (unpaired) electrons. The highest BCUT2D eigenvalue weighted by Gasteiger charge is 2.31. The van der Waals surface area contributed by atoms with Gasteiger partial charge in [-0.1, -0.05) is 0 Å². The molecular weight excluding hydrogens is 338 g/mol. The maximum absolute atomic E-state index is 13.6. The monoisotopic (exact) mass is 348 g/mol. The second-order valence-electron chi connectivity index (χ2n) is 4.45. The van der Waals surface area contributed by atoms with Gasteiger partial charge in [-0.3, -0.25) is 4.79 Å². The van der Waals surface area contributed by atoms with Gasteiger partial charge in [-0.2, -0.15) is 0 Å². The Morgan fingerprint density at radius 3 is 2.65 bits per heavy atom. The predicted molar refractivity (Wildman–Crippen MR) is 70.4 cm³/mol. The molecule has 2 rings (SSSR count). The summed E-state index contributed by atoms with van der Waals surface area (Å²) in [6.07, 6.45) is 0.347. The summed E-state index contributed by atoms with van der Waals surface area (Å²) in [6.45, 7) is 0.325. The van der Waals surface area contributed by atoms with Gasteiger partial charge in [0.15, 0.2) is 0 Å². The zero-order valence-electron chi connectivity index (χ0n) is 10.2. The highest BCUT2D eigenvalue weighted by Crippen LogP contribution is 2.24. The van der Waals surface area contributed by atoms with Crippen molar-refractivity contribution in [2.45, 2.75) is 6.42 Å². The Kier molecular flexibility index (Phi) is 4.22. The van der Waals surface area contributed by atoms with Crippen LogP contribution in [0.15, 0.2) is 16.6 Å². The smallest absolute Gasteiger partial charge is 0.321 e. The van der Waals surface area contributed by atoms with Gasteiger partial charge in [0, 0.05) is 19.2 Å². The predicted octanol–water partition coefficient (Wildman–Crippen LogP) is 2.67. The van der Waals surface area contributed by atoms with Crippen LogP contribution in [0.4, 0.5) is 19.3 Å². The van der Waals surface area contributed by atoms with Crippen molar-refractivity contribution in [1.82, 2.24) is 4.90 Å². The van der Waals surface area contributed by atoms with Crippen LogP contribution in [0.1, 0.15) is 6.42 Å². The molecule has 108 valence electrons. The molecule has 5 nitrogen and oxygen atoms in total. The maximum Gasteiger partial charge on any atom is 0.321 e. The molecule has 0 aliphatic carbocycles. The number of carboxylic acids is 1. The number of nitrogens with zero attached hydrogens (tertiary/aromatic N) is 1. The summed E-state index contributed by atoms with van der Waals surface area (Å²) in [5.41, 5.74) is -0.283. The van der Waals surface area contributed by atoms with Crippen LogP contribution in [0, 0.1) is 17.6 Å². The Labute approximate surface area is 121 Å². The van der Waals surface area contributed by atoms with Crippen molar-refractivity contribution in [2.75, 3.05) is 18.4 Å². The van der Waals surface area contributed by atoms with Gasteiger partial charge in [-0.15, -0.1) is 0 Å². The van der Waals surface area contributed by atoms with Crippen molar-refractivity contribution in [2.24, 2.45) is 5.92 Å². The van der Waals surface area contributed by atoms with Crippen LogP contribution in [0.25, 0.3) is 0 Å². The standard InChI is InChI=1S/C12H11BrF2N2O3/c13-7-3-9(15)10(4-8(7)14)16-12(20)17-2-1-6(5-17)11(18)19/h3-4,6H,1-2,5H2,(H,16,20)(H,18,19). The van der Waals surface area contributed by atoms with E-state index in [0.717, 1.165) is 12.1 Å². The minimum Gasteiger partial charge on any atom is -0.481 e. The van der Waals surface area contributed by atoms with Crippen molar-refractivity contribution in [3.63, 3.8) is 0 Å². The van der Waals surface area contributed by atoms with E-state index in [-0.39, 0.29) is 23.2 Å². The van der Waals surface area contributed by atoms with E-state index >= 15 is 0 Å². The number of halogens is 3. The number of nitrogens with one attached hydrogen (secondary N) is 1. The van der Waals surface area contributed by atoms with Crippen LogP contribution in [-0.4, -0.2) is 35.1 Å². The third kappa shape index (κ3) is 3.06. The van der Waals surface area contributed by atoms with Gasteiger partial charge in [-0.05, 0) is 28.4 Å². The fourth-order valence-electron chi connectivity index (χ4n) is 1.96. The third-order valence-electron chi connectivity index (χ3n) is 3.08. The molecule has 1 aliphatic heterocycles. The molecule has 1 aromatic rings. The Hall–Kier alpha value is -1.70. The van der Waals surface area contributed by atoms with E-state index in [1.165, 1.54) is 4.90 Å². The van der Waals surface area contributed by atoms with Gasteiger partial charge in [-0.25, -0.2) is 13.6 Å². The number of amides is 2. The summed E-state index contributed by atoms with van der Waals surface area (Å²) in [6, 6.07) is 1.13. The molecule has 2 amide bonds. The lowest BCUT2D eigenvalue weighted by Crippen LogP contribution is -2.34. The molecule has 1 heterocycles. The number of carbonyl (C=O) groups excluding carboxylic acids is 1. The molecule has 1 atom stereocenters. The molecule has 8 heteroatoms. The first-order chi connectivity index (χ1) is 9.38. The molecule has 1 aliphatic rings. The second kappa shape index (κ2) is 5.74. The Balaban J connectivity index is 2.06. The molecule has 1 saturated heterocycles. The number of anilines is 1. The SMILES string of the molecule is O=C(O)C1CCN(C(=O)Nc2cc(F)c(Br)cc2F)C1. The first kappa shape index (κ1) is 14.7. The summed E-state index contributed by atoms with van der Waals surface area (Å²) in [7, 11) is 0. The summed E-state index contributed by atoms with van der Waals surface area (Å²) in [4.78, 5) is 23.9. The molecule has 1 unspecified atom stereocenters. The van der Waals surface area contributed by atoms with Crippen molar-refractivity contribution in [3.8, 4) is 0 Å². The average molecular weight is 349 g/mol. The van der Waals surface area contributed by atoms with E-state index in [0.29, 0.717) is 6.42 Å². The first-order valence-electron chi connectivity index (χ1n) is 5.81. The third-order valence-corrected chi connectivity index (χ3v) is 3.68. The Morgan fingerprint density at radius 2 is 2.05 bits per heavy atom. The molecular formula is C12H11BrF2N2O3. The van der Waals surface area contributed by atoms with Crippen molar-refractivity contribution in [1.29, 1.82) is 0 Å². The van der Waals surface area contributed by atoms with Gasteiger partial charge < -0.3 is 15.3 Å². The van der Waals surface area contributed by atoms with E-state index in [1.807, 2.05) is 0 Å². The number of carbonyl (C=O) groups is 2.